The third-order valence-corrected chi connectivity index (χ3v) is 4.44. The zero-order valence-corrected chi connectivity index (χ0v) is 16.1. The molecule has 1 heterocycles. The molecule has 1 amide bonds. The molecule has 0 bridgehead atoms. The highest BCUT2D eigenvalue weighted by molar-refractivity contribution is 5.78. The van der Waals surface area contributed by atoms with Crippen molar-refractivity contribution in [3.63, 3.8) is 0 Å². The first-order valence-corrected chi connectivity index (χ1v) is 8.83. The van der Waals surface area contributed by atoms with E-state index in [1.54, 1.807) is 38.5 Å². The topological polar surface area (TPSA) is 66.0 Å². The summed E-state index contributed by atoms with van der Waals surface area (Å²) in [7, 11) is 3.22. The Labute approximate surface area is 159 Å². The van der Waals surface area contributed by atoms with E-state index >= 15 is 0 Å². The number of carbonyl (C=O) groups excluding carboxylic acids is 1. The van der Waals surface area contributed by atoms with Gasteiger partial charge in [0.1, 0.15) is 28.6 Å². The third-order valence-electron chi connectivity index (χ3n) is 4.44. The molecular formula is C21H25NO5. The lowest BCUT2D eigenvalue weighted by molar-refractivity contribution is -0.124. The fraction of sp³-hybridized carbons (Fsp3) is 0.381. The number of methoxy groups -OCH3 is 2. The monoisotopic (exact) mass is 371 g/mol. The first-order valence-electron chi connectivity index (χ1n) is 8.83. The van der Waals surface area contributed by atoms with Gasteiger partial charge in [0.15, 0.2) is 6.61 Å². The van der Waals surface area contributed by atoms with E-state index in [1.807, 2.05) is 32.0 Å². The summed E-state index contributed by atoms with van der Waals surface area (Å²) in [6.07, 6.45) is 0.654. The molecule has 1 aliphatic rings. The van der Waals surface area contributed by atoms with Crippen molar-refractivity contribution in [3.8, 4) is 23.0 Å². The van der Waals surface area contributed by atoms with Crippen molar-refractivity contribution in [1.29, 1.82) is 0 Å². The summed E-state index contributed by atoms with van der Waals surface area (Å²) in [5.41, 5.74) is 0.530. The zero-order valence-electron chi connectivity index (χ0n) is 16.1. The fourth-order valence-electron chi connectivity index (χ4n) is 3.15. The maximum Gasteiger partial charge on any atom is 0.258 e. The van der Waals surface area contributed by atoms with Crippen LogP contribution in [0.4, 0.5) is 0 Å². The van der Waals surface area contributed by atoms with Gasteiger partial charge in [0, 0.05) is 12.0 Å². The summed E-state index contributed by atoms with van der Waals surface area (Å²) in [6, 6.07) is 12.6. The van der Waals surface area contributed by atoms with Crippen LogP contribution in [-0.2, 0) is 4.79 Å². The molecule has 0 saturated heterocycles. The normalized spacial score (nSPS) is 17.3. The predicted molar refractivity (Wildman–Crippen MR) is 102 cm³/mol. The molecule has 0 aromatic heterocycles. The molecule has 0 saturated carbocycles. The molecule has 0 spiro atoms. The summed E-state index contributed by atoms with van der Waals surface area (Å²) in [6.45, 7) is 3.95. The number of fused-ring (bicyclic) bond motifs is 1. The first-order chi connectivity index (χ1) is 12.9. The van der Waals surface area contributed by atoms with Crippen molar-refractivity contribution in [1.82, 2.24) is 5.32 Å². The standard InChI is InChI=1S/C21H25NO5/c1-21(2)12-18(17-11-16(25-4)9-10-19(17)27-21)22-20(23)13-26-15-7-5-14(24-3)6-8-15/h5-11,18H,12-13H2,1-4H3,(H,22,23)/t18-/m1/s1. The number of amides is 1. The van der Waals surface area contributed by atoms with Crippen molar-refractivity contribution >= 4 is 5.91 Å². The van der Waals surface area contributed by atoms with Crippen molar-refractivity contribution in [2.75, 3.05) is 20.8 Å². The summed E-state index contributed by atoms with van der Waals surface area (Å²) >= 11 is 0. The largest absolute Gasteiger partial charge is 0.497 e. The molecule has 6 heteroatoms. The van der Waals surface area contributed by atoms with Gasteiger partial charge in [-0.2, -0.15) is 0 Å². The molecule has 1 N–H and O–H groups in total. The lowest BCUT2D eigenvalue weighted by Gasteiger charge is -2.38. The number of ether oxygens (including phenoxy) is 4. The average molecular weight is 371 g/mol. The van der Waals surface area contributed by atoms with Gasteiger partial charge < -0.3 is 24.3 Å². The van der Waals surface area contributed by atoms with Crippen LogP contribution in [-0.4, -0.2) is 32.3 Å². The highest BCUT2D eigenvalue weighted by Crippen LogP contribution is 2.41. The van der Waals surface area contributed by atoms with Gasteiger partial charge in [-0.15, -0.1) is 0 Å². The number of hydrogen-bond donors (Lipinski definition) is 1. The molecule has 1 aliphatic heterocycles. The van der Waals surface area contributed by atoms with E-state index in [0.717, 1.165) is 22.8 Å². The van der Waals surface area contributed by atoms with E-state index in [2.05, 4.69) is 5.32 Å². The van der Waals surface area contributed by atoms with Crippen LogP contribution in [0.15, 0.2) is 42.5 Å². The molecule has 27 heavy (non-hydrogen) atoms. The minimum Gasteiger partial charge on any atom is -0.497 e. The molecule has 144 valence electrons. The zero-order chi connectivity index (χ0) is 19.4. The van der Waals surface area contributed by atoms with Crippen LogP contribution in [0.1, 0.15) is 31.9 Å². The maximum absolute atomic E-state index is 12.5. The van der Waals surface area contributed by atoms with Crippen LogP contribution in [0.25, 0.3) is 0 Å². The summed E-state index contributed by atoms with van der Waals surface area (Å²) < 4.78 is 22.0. The number of hydrogen-bond acceptors (Lipinski definition) is 5. The van der Waals surface area contributed by atoms with Crippen molar-refractivity contribution in [3.05, 3.63) is 48.0 Å². The second-order valence-corrected chi connectivity index (χ2v) is 7.05. The fourth-order valence-corrected chi connectivity index (χ4v) is 3.15. The lowest BCUT2D eigenvalue weighted by atomic mass is 9.89. The molecule has 6 nitrogen and oxygen atoms in total. The van der Waals surface area contributed by atoms with Gasteiger partial charge in [-0.1, -0.05) is 0 Å². The Bertz CT molecular complexity index is 801. The van der Waals surface area contributed by atoms with E-state index in [0.29, 0.717) is 12.2 Å². The van der Waals surface area contributed by atoms with E-state index in [4.69, 9.17) is 18.9 Å². The van der Waals surface area contributed by atoms with Crippen LogP contribution in [0, 0.1) is 0 Å². The van der Waals surface area contributed by atoms with E-state index < -0.39 is 0 Å². The van der Waals surface area contributed by atoms with E-state index in [9.17, 15) is 4.79 Å². The Morgan fingerprint density at radius 2 is 1.70 bits per heavy atom. The molecular weight excluding hydrogens is 346 g/mol. The van der Waals surface area contributed by atoms with Gasteiger partial charge in [0.25, 0.3) is 5.91 Å². The van der Waals surface area contributed by atoms with Crippen LogP contribution in [0.5, 0.6) is 23.0 Å². The molecule has 0 radical (unpaired) electrons. The Kier molecular flexibility index (Phi) is 5.44. The second kappa shape index (κ2) is 7.78. The minimum absolute atomic E-state index is 0.0661. The molecule has 2 aromatic carbocycles. The number of benzene rings is 2. The smallest absolute Gasteiger partial charge is 0.258 e. The quantitative estimate of drug-likeness (QED) is 0.842. The van der Waals surface area contributed by atoms with E-state index in [-0.39, 0.29) is 24.2 Å². The summed E-state index contributed by atoms with van der Waals surface area (Å²) in [5.74, 6) is 2.64. The molecule has 2 aromatic rings. The molecule has 0 unspecified atom stereocenters. The van der Waals surface area contributed by atoms with Crippen molar-refractivity contribution in [2.24, 2.45) is 0 Å². The van der Waals surface area contributed by atoms with Crippen LogP contribution in [0.2, 0.25) is 0 Å². The lowest BCUT2D eigenvalue weighted by Crippen LogP contribution is -2.42. The van der Waals surface area contributed by atoms with Crippen LogP contribution in [0.3, 0.4) is 0 Å². The van der Waals surface area contributed by atoms with Gasteiger partial charge in [0.2, 0.25) is 0 Å². The third kappa shape index (κ3) is 4.64. The predicted octanol–water partition coefficient (Wildman–Crippen LogP) is 3.50. The Balaban J connectivity index is 1.67. The highest BCUT2D eigenvalue weighted by atomic mass is 16.5. The minimum atomic E-state index is -0.379. The van der Waals surface area contributed by atoms with Crippen LogP contribution >= 0.6 is 0 Å². The Hall–Kier alpha value is -2.89. The SMILES string of the molecule is COc1ccc(OCC(=O)N[C@@H]2CC(C)(C)Oc3ccc(OC)cc32)cc1. The van der Waals surface area contributed by atoms with Gasteiger partial charge in [-0.05, 0) is 56.3 Å². The molecule has 0 fully saturated rings. The van der Waals surface area contributed by atoms with E-state index in [1.165, 1.54) is 0 Å². The van der Waals surface area contributed by atoms with Crippen molar-refractivity contribution in [2.45, 2.75) is 31.9 Å². The molecule has 1 atom stereocenters. The maximum atomic E-state index is 12.5. The van der Waals surface area contributed by atoms with Gasteiger partial charge in [-0.25, -0.2) is 0 Å². The Morgan fingerprint density at radius 1 is 1.07 bits per heavy atom. The Morgan fingerprint density at radius 3 is 2.37 bits per heavy atom. The number of nitrogens with one attached hydrogen (secondary N) is 1. The van der Waals surface area contributed by atoms with Gasteiger partial charge in [0.05, 0.1) is 20.3 Å². The molecule has 0 aliphatic carbocycles. The summed E-state index contributed by atoms with van der Waals surface area (Å²) in [5, 5.41) is 3.05. The highest BCUT2D eigenvalue weighted by Gasteiger charge is 2.34. The first kappa shape index (κ1) is 18.9. The molecule has 3 rings (SSSR count). The summed E-state index contributed by atoms with van der Waals surface area (Å²) in [4.78, 5) is 12.5. The van der Waals surface area contributed by atoms with Crippen LogP contribution < -0.4 is 24.3 Å². The van der Waals surface area contributed by atoms with Gasteiger partial charge >= 0.3 is 0 Å². The van der Waals surface area contributed by atoms with Gasteiger partial charge in [-0.3, -0.25) is 4.79 Å². The average Bonchev–Trinajstić information content (AvgIpc) is 2.65. The number of carbonyl (C=O) groups is 1. The number of rotatable bonds is 6. The van der Waals surface area contributed by atoms with Crippen molar-refractivity contribution < 1.29 is 23.7 Å². The second-order valence-electron chi connectivity index (χ2n) is 7.05.